The van der Waals surface area contributed by atoms with Gasteiger partial charge in [0.25, 0.3) is 11.8 Å². The number of imide groups is 1. The van der Waals surface area contributed by atoms with Gasteiger partial charge < -0.3 is 15.0 Å². The average Bonchev–Trinajstić information content (AvgIpc) is 3.59. The summed E-state index contributed by atoms with van der Waals surface area (Å²) in [5.41, 5.74) is 2.07. The van der Waals surface area contributed by atoms with Crippen LogP contribution in [0.25, 0.3) is 5.69 Å². The van der Waals surface area contributed by atoms with Gasteiger partial charge in [0.15, 0.2) is 5.69 Å². The zero-order chi connectivity index (χ0) is 24.9. The van der Waals surface area contributed by atoms with Crippen molar-refractivity contribution < 1.29 is 23.9 Å². The highest BCUT2D eigenvalue weighted by atomic mass is 16.5. The number of rotatable bonds is 4. The predicted octanol–water partition coefficient (Wildman–Crippen LogP) is 1.25. The molecule has 4 heterocycles. The Morgan fingerprint density at radius 3 is 2.81 bits per heavy atom. The van der Waals surface area contributed by atoms with Crippen LogP contribution in [-0.2, 0) is 20.9 Å². The molecule has 2 atom stereocenters. The third-order valence-electron chi connectivity index (χ3n) is 7.84. The number of nitrogens with one attached hydrogen (secondary N) is 2. The van der Waals surface area contributed by atoms with Crippen molar-refractivity contribution in [3.8, 4) is 5.69 Å². The summed E-state index contributed by atoms with van der Waals surface area (Å²) in [6, 6.07) is 4.64. The molecule has 11 heteroatoms. The number of fused-ring (bicyclic) bond motifs is 1. The van der Waals surface area contributed by atoms with E-state index in [9.17, 15) is 19.2 Å². The molecular weight excluding hydrogens is 464 g/mol. The van der Waals surface area contributed by atoms with Crippen LogP contribution in [0, 0.1) is 0 Å². The topological polar surface area (TPSA) is 136 Å². The van der Waals surface area contributed by atoms with Gasteiger partial charge in [-0.05, 0) is 55.9 Å². The molecule has 2 unspecified atom stereocenters. The Balaban J connectivity index is 1.14. The van der Waals surface area contributed by atoms with E-state index < -0.39 is 11.9 Å². The lowest BCUT2D eigenvalue weighted by molar-refractivity contribution is -0.136. The SMILES string of the molecule is O=C1CCC(N2Cc3cc(-n4cc(C(=O)NC5CCOC6(CCCC6)C5)nn4)ccc3C2=O)C(=O)N1. The number of hydrogen-bond donors (Lipinski definition) is 2. The van der Waals surface area contributed by atoms with Gasteiger partial charge in [-0.3, -0.25) is 24.5 Å². The molecule has 36 heavy (non-hydrogen) atoms. The number of hydrogen-bond acceptors (Lipinski definition) is 7. The van der Waals surface area contributed by atoms with Crippen molar-refractivity contribution in [2.24, 2.45) is 0 Å². The molecule has 1 aromatic carbocycles. The van der Waals surface area contributed by atoms with E-state index in [1.807, 2.05) is 6.07 Å². The number of nitrogens with zero attached hydrogens (tertiary/aromatic N) is 4. The van der Waals surface area contributed by atoms with Gasteiger partial charge in [-0.1, -0.05) is 18.1 Å². The smallest absolute Gasteiger partial charge is 0.273 e. The molecule has 2 N–H and O–H groups in total. The monoisotopic (exact) mass is 492 g/mol. The molecule has 1 spiro atoms. The Morgan fingerprint density at radius 1 is 1.17 bits per heavy atom. The van der Waals surface area contributed by atoms with Gasteiger partial charge in [-0.2, -0.15) is 0 Å². The number of carbonyl (C=O) groups is 4. The molecule has 2 saturated heterocycles. The van der Waals surface area contributed by atoms with Crippen molar-refractivity contribution in [2.75, 3.05) is 6.61 Å². The van der Waals surface area contributed by atoms with E-state index in [4.69, 9.17) is 4.74 Å². The summed E-state index contributed by atoms with van der Waals surface area (Å²) in [5.74, 6) is -1.26. The largest absolute Gasteiger partial charge is 0.375 e. The first kappa shape index (κ1) is 22.8. The van der Waals surface area contributed by atoms with Crippen LogP contribution in [0.5, 0.6) is 0 Å². The molecule has 1 aliphatic carbocycles. The first-order valence-electron chi connectivity index (χ1n) is 12.6. The van der Waals surface area contributed by atoms with Crippen molar-refractivity contribution in [3.63, 3.8) is 0 Å². The summed E-state index contributed by atoms with van der Waals surface area (Å²) in [6.45, 7) is 0.920. The second-order valence-electron chi connectivity index (χ2n) is 10.2. The Bertz CT molecular complexity index is 1250. The van der Waals surface area contributed by atoms with Gasteiger partial charge in [-0.25, -0.2) is 4.68 Å². The summed E-state index contributed by atoms with van der Waals surface area (Å²) in [7, 11) is 0. The minimum atomic E-state index is -0.665. The zero-order valence-electron chi connectivity index (χ0n) is 19.9. The predicted molar refractivity (Wildman–Crippen MR) is 125 cm³/mol. The maximum atomic E-state index is 12.9. The van der Waals surface area contributed by atoms with Crippen LogP contribution in [0.4, 0.5) is 0 Å². The standard InChI is InChI=1S/C25H28N6O5/c32-21-6-5-20(23(34)27-21)30-13-15-11-17(3-4-18(15)24(30)35)31-14-19(28-29-31)22(33)26-16-7-10-36-25(12-16)8-1-2-9-25/h3-4,11,14,16,20H,1-2,5-10,12-13H2,(H,26,33)(H,27,32,34). The number of amides is 4. The third kappa shape index (κ3) is 4.06. The van der Waals surface area contributed by atoms with Crippen molar-refractivity contribution in [3.05, 3.63) is 41.2 Å². The lowest BCUT2D eigenvalue weighted by Gasteiger charge is -2.38. The summed E-state index contributed by atoms with van der Waals surface area (Å²) in [6.07, 6.45) is 8.16. The summed E-state index contributed by atoms with van der Waals surface area (Å²) in [5, 5.41) is 13.6. The fourth-order valence-corrected chi connectivity index (χ4v) is 5.98. The Morgan fingerprint density at radius 2 is 2.00 bits per heavy atom. The van der Waals surface area contributed by atoms with E-state index in [1.54, 1.807) is 18.3 Å². The lowest BCUT2D eigenvalue weighted by Crippen LogP contribution is -2.52. The highest BCUT2D eigenvalue weighted by Gasteiger charge is 2.41. The van der Waals surface area contributed by atoms with E-state index in [-0.39, 0.29) is 48.0 Å². The van der Waals surface area contributed by atoms with Crippen LogP contribution < -0.4 is 10.6 Å². The molecule has 3 aliphatic heterocycles. The molecule has 188 valence electrons. The molecule has 4 amide bonds. The molecule has 6 rings (SSSR count). The van der Waals surface area contributed by atoms with E-state index >= 15 is 0 Å². The van der Waals surface area contributed by atoms with Crippen LogP contribution in [0.3, 0.4) is 0 Å². The Kier molecular flexibility index (Phi) is 5.59. The minimum Gasteiger partial charge on any atom is -0.375 e. The molecule has 0 bridgehead atoms. The van der Waals surface area contributed by atoms with Crippen molar-refractivity contribution in [2.45, 2.75) is 75.6 Å². The van der Waals surface area contributed by atoms with Crippen molar-refractivity contribution >= 4 is 23.6 Å². The molecule has 0 radical (unpaired) electrons. The van der Waals surface area contributed by atoms with Crippen LogP contribution >= 0.6 is 0 Å². The van der Waals surface area contributed by atoms with Crippen LogP contribution in [0.1, 0.15) is 77.8 Å². The quantitative estimate of drug-likeness (QED) is 0.613. The number of aromatic nitrogens is 3. The van der Waals surface area contributed by atoms with E-state index in [2.05, 4.69) is 20.9 Å². The van der Waals surface area contributed by atoms with Crippen LogP contribution in [-0.4, -0.2) is 67.8 Å². The van der Waals surface area contributed by atoms with Crippen molar-refractivity contribution in [1.82, 2.24) is 30.5 Å². The van der Waals surface area contributed by atoms with Gasteiger partial charge in [-0.15, -0.1) is 5.10 Å². The molecule has 2 aromatic rings. The Labute approximate surface area is 207 Å². The molecule has 1 saturated carbocycles. The second kappa shape index (κ2) is 8.81. The van der Waals surface area contributed by atoms with Gasteiger partial charge in [0.1, 0.15) is 6.04 Å². The van der Waals surface area contributed by atoms with E-state index in [1.165, 1.54) is 22.4 Å². The van der Waals surface area contributed by atoms with E-state index in [0.717, 1.165) is 31.2 Å². The van der Waals surface area contributed by atoms with Gasteiger partial charge in [0, 0.05) is 31.2 Å². The Hall–Kier alpha value is -3.60. The number of carbonyl (C=O) groups excluding carboxylic acids is 4. The molecular formula is C25H28N6O5. The number of benzene rings is 1. The average molecular weight is 493 g/mol. The molecule has 4 aliphatic rings. The molecule has 11 nitrogen and oxygen atoms in total. The first-order chi connectivity index (χ1) is 17.4. The van der Waals surface area contributed by atoms with Gasteiger partial charge in [0.05, 0.1) is 17.5 Å². The zero-order valence-corrected chi connectivity index (χ0v) is 19.9. The highest BCUT2D eigenvalue weighted by molar-refractivity contribution is 6.05. The number of ether oxygens (including phenoxy) is 1. The highest BCUT2D eigenvalue weighted by Crippen LogP contribution is 2.40. The summed E-state index contributed by atoms with van der Waals surface area (Å²) >= 11 is 0. The second-order valence-corrected chi connectivity index (χ2v) is 10.2. The van der Waals surface area contributed by atoms with E-state index in [0.29, 0.717) is 24.3 Å². The first-order valence-corrected chi connectivity index (χ1v) is 12.6. The fraction of sp³-hybridized carbons (Fsp3) is 0.520. The maximum absolute atomic E-state index is 12.9. The lowest BCUT2D eigenvalue weighted by atomic mass is 9.89. The van der Waals surface area contributed by atoms with Crippen LogP contribution in [0.15, 0.2) is 24.4 Å². The summed E-state index contributed by atoms with van der Waals surface area (Å²) < 4.78 is 7.57. The normalized spacial score (nSPS) is 25.2. The number of piperidine rings is 1. The molecule has 1 aromatic heterocycles. The summed E-state index contributed by atoms with van der Waals surface area (Å²) in [4.78, 5) is 51.0. The fourth-order valence-electron chi connectivity index (χ4n) is 5.98. The van der Waals surface area contributed by atoms with Gasteiger partial charge >= 0.3 is 0 Å². The minimum absolute atomic E-state index is 0.0544. The van der Waals surface area contributed by atoms with Crippen molar-refractivity contribution in [1.29, 1.82) is 0 Å². The maximum Gasteiger partial charge on any atom is 0.273 e. The third-order valence-corrected chi connectivity index (χ3v) is 7.84. The molecule has 3 fully saturated rings. The van der Waals surface area contributed by atoms with Gasteiger partial charge in [0.2, 0.25) is 11.8 Å². The van der Waals surface area contributed by atoms with Crippen LogP contribution in [0.2, 0.25) is 0 Å².